The summed E-state index contributed by atoms with van der Waals surface area (Å²) in [5.41, 5.74) is 5.15. The second-order valence-electron chi connectivity index (χ2n) is 6.67. The van der Waals surface area contributed by atoms with Gasteiger partial charge in [-0.25, -0.2) is 5.43 Å². The van der Waals surface area contributed by atoms with Crippen molar-refractivity contribution in [2.75, 3.05) is 6.61 Å². The number of amides is 1. The highest BCUT2D eigenvalue weighted by molar-refractivity contribution is 9.10. The summed E-state index contributed by atoms with van der Waals surface area (Å²) in [5, 5.41) is 5.22. The molecule has 6 heteroatoms. The van der Waals surface area contributed by atoms with Crippen LogP contribution in [0.15, 0.2) is 94.6 Å². The molecule has 0 aliphatic rings. The van der Waals surface area contributed by atoms with Gasteiger partial charge in [-0.1, -0.05) is 58.4 Å². The van der Waals surface area contributed by atoms with Gasteiger partial charge in [0.1, 0.15) is 12.4 Å². The van der Waals surface area contributed by atoms with E-state index >= 15 is 0 Å². The van der Waals surface area contributed by atoms with Crippen molar-refractivity contribution in [2.24, 2.45) is 5.10 Å². The van der Waals surface area contributed by atoms with E-state index < -0.39 is 0 Å². The van der Waals surface area contributed by atoms with Gasteiger partial charge in [-0.05, 0) is 36.4 Å². The van der Waals surface area contributed by atoms with Gasteiger partial charge in [0, 0.05) is 32.7 Å². The van der Waals surface area contributed by atoms with E-state index in [1.807, 2.05) is 66.9 Å². The Morgan fingerprint density at radius 3 is 2.67 bits per heavy atom. The third-order valence-electron chi connectivity index (χ3n) is 4.62. The van der Waals surface area contributed by atoms with E-state index in [1.54, 1.807) is 18.3 Å². The minimum atomic E-state index is -0.257. The van der Waals surface area contributed by atoms with E-state index in [0.717, 1.165) is 26.7 Å². The molecule has 0 aliphatic carbocycles. The molecule has 5 nitrogen and oxygen atoms in total. The number of nitrogens with zero attached hydrogens (tertiary/aromatic N) is 2. The summed E-state index contributed by atoms with van der Waals surface area (Å²) in [6.07, 6.45) is 3.69. The van der Waals surface area contributed by atoms with Crippen molar-refractivity contribution in [1.82, 2.24) is 9.99 Å². The first kappa shape index (κ1) is 19.9. The highest BCUT2D eigenvalue weighted by atomic mass is 79.9. The average Bonchev–Trinajstić information content (AvgIpc) is 3.12. The monoisotopic (exact) mass is 461 g/mol. The molecule has 0 saturated carbocycles. The highest BCUT2D eigenvalue weighted by Gasteiger charge is 2.08. The van der Waals surface area contributed by atoms with E-state index in [1.165, 1.54) is 0 Å². The molecule has 0 bridgehead atoms. The van der Waals surface area contributed by atoms with E-state index in [-0.39, 0.29) is 5.91 Å². The highest BCUT2D eigenvalue weighted by Crippen LogP contribution is 2.20. The van der Waals surface area contributed by atoms with Gasteiger partial charge in [-0.2, -0.15) is 5.10 Å². The van der Waals surface area contributed by atoms with Crippen LogP contribution < -0.4 is 10.2 Å². The fourth-order valence-electron chi connectivity index (χ4n) is 3.20. The number of fused-ring (bicyclic) bond motifs is 1. The van der Waals surface area contributed by atoms with Gasteiger partial charge in [0.15, 0.2) is 0 Å². The van der Waals surface area contributed by atoms with Crippen LogP contribution >= 0.6 is 15.9 Å². The third kappa shape index (κ3) is 4.78. The fourth-order valence-corrected chi connectivity index (χ4v) is 3.60. The van der Waals surface area contributed by atoms with Crippen LogP contribution in [0, 0.1) is 0 Å². The lowest BCUT2D eigenvalue weighted by molar-refractivity contribution is 0.0955. The normalized spacial score (nSPS) is 11.1. The molecule has 150 valence electrons. The van der Waals surface area contributed by atoms with E-state index in [4.69, 9.17) is 4.74 Å². The topological polar surface area (TPSA) is 55.6 Å². The van der Waals surface area contributed by atoms with Crippen molar-refractivity contribution in [2.45, 2.75) is 6.54 Å². The number of nitrogens with one attached hydrogen (secondary N) is 1. The zero-order valence-corrected chi connectivity index (χ0v) is 17.7. The molecule has 0 fully saturated rings. The van der Waals surface area contributed by atoms with Crippen molar-refractivity contribution in [1.29, 1.82) is 0 Å². The van der Waals surface area contributed by atoms with Gasteiger partial charge in [0.2, 0.25) is 0 Å². The standard InChI is InChI=1S/C24H20BrN3O2/c25-20-8-6-7-18(15-20)24(29)27-26-16-19-17-28(23-12-5-4-11-22(19)23)13-14-30-21-9-2-1-3-10-21/h1-12,15-17H,13-14H2,(H,27,29)/b26-16+. The Morgan fingerprint density at radius 1 is 1.03 bits per heavy atom. The minimum absolute atomic E-state index is 0.257. The first-order valence-corrected chi connectivity index (χ1v) is 10.3. The number of hydrazone groups is 1. The number of benzene rings is 3. The summed E-state index contributed by atoms with van der Waals surface area (Å²) in [4.78, 5) is 12.3. The molecule has 4 aromatic rings. The molecular formula is C24H20BrN3O2. The zero-order chi connectivity index (χ0) is 20.8. The molecule has 1 N–H and O–H groups in total. The van der Waals surface area contributed by atoms with E-state index in [9.17, 15) is 4.79 Å². The predicted octanol–water partition coefficient (Wildman–Crippen LogP) is 5.25. The number of hydrogen-bond donors (Lipinski definition) is 1. The lowest BCUT2D eigenvalue weighted by atomic mass is 10.2. The Morgan fingerprint density at radius 2 is 1.83 bits per heavy atom. The quantitative estimate of drug-likeness (QED) is 0.302. The molecule has 0 atom stereocenters. The van der Waals surface area contributed by atoms with E-state index in [0.29, 0.717) is 18.7 Å². The van der Waals surface area contributed by atoms with Crippen molar-refractivity contribution < 1.29 is 9.53 Å². The number of hydrogen-bond acceptors (Lipinski definition) is 3. The maximum Gasteiger partial charge on any atom is 0.271 e. The Balaban J connectivity index is 1.46. The molecule has 3 aromatic carbocycles. The number of ether oxygens (including phenoxy) is 1. The van der Waals surface area contributed by atoms with Gasteiger partial charge < -0.3 is 9.30 Å². The second-order valence-corrected chi connectivity index (χ2v) is 7.58. The number of aromatic nitrogens is 1. The van der Waals surface area contributed by atoms with Crippen molar-refractivity contribution in [3.05, 3.63) is 101 Å². The summed E-state index contributed by atoms with van der Waals surface area (Å²) in [7, 11) is 0. The Kier molecular flexibility index (Phi) is 6.25. The van der Waals surface area contributed by atoms with Crippen LogP contribution in [-0.4, -0.2) is 23.3 Å². The fraction of sp³-hybridized carbons (Fsp3) is 0.0833. The Labute approximate surface area is 183 Å². The van der Waals surface area contributed by atoms with Crippen molar-refractivity contribution in [3.63, 3.8) is 0 Å². The summed E-state index contributed by atoms with van der Waals surface area (Å²) >= 11 is 3.37. The van der Waals surface area contributed by atoms with Gasteiger partial charge in [0.05, 0.1) is 12.8 Å². The molecule has 0 unspecified atom stereocenters. The largest absolute Gasteiger partial charge is 0.492 e. The molecule has 0 saturated heterocycles. The summed E-state index contributed by atoms with van der Waals surface area (Å²) < 4.78 is 8.81. The second kappa shape index (κ2) is 9.41. The average molecular weight is 462 g/mol. The van der Waals surface area contributed by atoms with E-state index in [2.05, 4.69) is 37.1 Å². The SMILES string of the molecule is O=C(N/N=C/c1cn(CCOc2ccccc2)c2ccccc12)c1cccc(Br)c1. The number of halogens is 1. The first-order chi connectivity index (χ1) is 14.7. The number of carbonyl (C=O) groups excluding carboxylic acids is 1. The smallest absolute Gasteiger partial charge is 0.271 e. The molecule has 1 aromatic heterocycles. The number of rotatable bonds is 7. The third-order valence-corrected chi connectivity index (χ3v) is 5.11. The van der Waals surface area contributed by atoms with Crippen LogP contribution in [0.4, 0.5) is 0 Å². The minimum Gasteiger partial charge on any atom is -0.492 e. The molecule has 1 amide bonds. The maximum absolute atomic E-state index is 12.3. The molecule has 30 heavy (non-hydrogen) atoms. The van der Waals surface area contributed by atoms with Gasteiger partial charge in [0.25, 0.3) is 5.91 Å². The van der Waals surface area contributed by atoms with Crippen LogP contribution in [-0.2, 0) is 6.54 Å². The number of carbonyl (C=O) groups is 1. The van der Waals surface area contributed by atoms with Gasteiger partial charge in [-0.3, -0.25) is 4.79 Å². The van der Waals surface area contributed by atoms with Gasteiger partial charge >= 0.3 is 0 Å². The number of para-hydroxylation sites is 2. The van der Waals surface area contributed by atoms with Crippen molar-refractivity contribution >= 4 is 39.0 Å². The van der Waals surface area contributed by atoms with Crippen molar-refractivity contribution in [3.8, 4) is 5.75 Å². The maximum atomic E-state index is 12.3. The molecule has 1 heterocycles. The Bertz CT molecular complexity index is 1190. The molecule has 4 rings (SSSR count). The van der Waals surface area contributed by atoms with Gasteiger partial charge in [-0.15, -0.1) is 0 Å². The summed E-state index contributed by atoms with van der Waals surface area (Å²) in [6, 6.07) is 25.1. The molecule has 0 radical (unpaired) electrons. The van der Waals surface area contributed by atoms with Crippen LogP contribution in [0.1, 0.15) is 15.9 Å². The molecule has 0 spiro atoms. The summed E-state index contributed by atoms with van der Waals surface area (Å²) in [6.45, 7) is 1.26. The Hall–Kier alpha value is -3.38. The lowest BCUT2D eigenvalue weighted by Gasteiger charge is -2.08. The first-order valence-electron chi connectivity index (χ1n) is 9.55. The zero-order valence-electron chi connectivity index (χ0n) is 16.2. The molecular weight excluding hydrogens is 442 g/mol. The predicted molar refractivity (Wildman–Crippen MR) is 123 cm³/mol. The van der Waals surface area contributed by atoms with Crippen LogP contribution in [0.2, 0.25) is 0 Å². The van der Waals surface area contributed by atoms with Crippen LogP contribution in [0.3, 0.4) is 0 Å². The lowest BCUT2D eigenvalue weighted by Crippen LogP contribution is -2.17. The molecule has 0 aliphatic heterocycles. The summed E-state index contributed by atoms with van der Waals surface area (Å²) in [5.74, 6) is 0.596. The van der Waals surface area contributed by atoms with Crippen LogP contribution in [0.5, 0.6) is 5.75 Å². The van der Waals surface area contributed by atoms with Crippen LogP contribution in [0.25, 0.3) is 10.9 Å².